The highest BCUT2D eigenvalue weighted by Crippen LogP contribution is 2.36. The van der Waals surface area contributed by atoms with E-state index in [1.54, 1.807) is 11.0 Å². The van der Waals surface area contributed by atoms with E-state index in [9.17, 15) is 20.0 Å². The molecule has 0 saturated carbocycles. The molecule has 7 nitrogen and oxygen atoms in total. The first-order chi connectivity index (χ1) is 10.1. The lowest BCUT2D eigenvalue weighted by Gasteiger charge is -2.28. The van der Waals surface area contributed by atoms with Gasteiger partial charge in [0.25, 0.3) is 5.69 Å². The predicted octanol–water partition coefficient (Wildman–Crippen LogP) is 1.07. The number of fused-ring (bicyclic) bond motifs is 1. The summed E-state index contributed by atoms with van der Waals surface area (Å²) in [5.41, 5.74) is 1.37. The molecular weight excluding hydrogens is 274 g/mol. The van der Waals surface area contributed by atoms with E-state index in [0.717, 1.165) is 12.8 Å². The molecule has 1 fully saturated rings. The maximum Gasteiger partial charge on any atom is 0.269 e. The van der Waals surface area contributed by atoms with E-state index >= 15 is 0 Å². The molecule has 0 radical (unpaired) electrons. The van der Waals surface area contributed by atoms with E-state index in [1.807, 2.05) is 0 Å². The second-order valence-electron chi connectivity index (χ2n) is 5.49. The van der Waals surface area contributed by atoms with Gasteiger partial charge in [0.05, 0.1) is 11.0 Å². The second-order valence-corrected chi connectivity index (χ2v) is 5.49. The van der Waals surface area contributed by atoms with E-state index in [2.05, 4.69) is 5.32 Å². The highest BCUT2D eigenvalue weighted by atomic mass is 16.6. The first-order valence-electron chi connectivity index (χ1n) is 7.06. The lowest BCUT2D eigenvalue weighted by Crippen LogP contribution is -2.44. The van der Waals surface area contributed by atoms with Crippen LogP contribution in [0.2, 0.25) is 0 Å². The molecule has 1 unspecified atom stereocenters. The number of nitro benzene ring substituents is 1. The van der Waals surface area contributed by atoms with Crippen molar-refractivity contribution in [3.63, 3.8) is 0 Å². The number of benzene rings is 1. The zero-order valence-electron chi connectivity index (χ0n) is 11.5. The van der Waals surface area contributed by atoms with Crippen LogP contribution in [0.25, 0.3) is 0 Å². The third-order valence-corrected chi connectivity index (χ3v) is 4.19. The maximum atomic E-state index is 12.1. The first kappa shape index (κ1) is 14.0. The quantitative estimate of drug-likeness (QED) is 0.627. The fraction of sp³-hybridized carbons (Fsp3) is 0.500. The Morgan fingerprint density at radius 3 is 2.95 bits per heavy atom. The summed E-state index contributed by atoms with van der Waals surface area (Å²) >= 11 is 0. The minimum Gasteiger partial charge on any atom is -0.374 e. The molecule has 2 aliphatic heterocycles. The van der Waals surface area contributed by atoms with Crippen LogP contribution in [0.1, 0.15) is 36.6 Å². The van der Waals surface area contributed by atoms with Gasteiger partial charge in [-0.25, -0.2) is 0 Å². The summed E-state index contributed by atoms with van der Waals surface area (Å²) in [6.07, 6.45) is 1.67. The van der Waals surface area contributed by atoms with Crippen LogP contribution in [-0.2, 0) is 11.3 Å². The SMILES string of the molecule is O=C1NCCCC[C@@H]1N1Cc2cc([N+](=O)[O-])ccc2C1O. The Hall–Kier alpha value is -1.99. The van der Waals surface area contributed by atoms with Gasteiger partial charge in [-0.05, 0) is 30.9 Å². The molecule has 0 aromatic heterocycles. The molecule has 1 aromatic rings. The van der Waals surface area contributed by atoms with Gasteiger partial charge in [0.1, 0.15) is 6.23 Å². The Labute approximate surface area is 121 Å². The Bertz CT molecular complexity index is 590. The molecule has 2 heterocycles. The Morgan fingerprint density at radius 2 is 2.19 bits per heavy atom. The van der Waals surface area contributed by atoms with Crippen LogP contribution in [0.15, 0.2) is 18.2 Å². The molecular formula is C14H17N3O4. The van der Waals surface area contributed by atoms with Crippen molar-refractivity contribution >= 4 is 11.6 Å². The number of hydrogen-bond acceptors (Lipinski definition) is 5. The van der Waals surface area contributed by atoms with Crippen LogP contribution in [0.3, 0.4) is 0 Å². The van der Waals surface area contributed by atoms with Gasteiger partial charge in [-0.15, -0.1) is 0 Å². The van der Waals surface area contributed by atoms with Gasteiger partial charge in [0.2, 0.25) is 5.91 Å². The van der Waals surface area contributed by atoms with Gasteiger partial charge in [-0.2, -0.15) is 0 Å². The number of hydrogen-bond donors (Lipinski definition) is 2. The number of carbonyl (C=O) groups excluding carboxylic acids is 1. The minimum atomic E-state index is -0.880. The van der Waals surface area contributed by atoms with Crippen molar-refractivity contribution in [3.05, 3.63) is 39.4 Å². The van der Waals surface area contributed by atoms with Gasteiger partial charge >= 0.3 is 0 Å². The predicted molar refractivity (Wildman–Crippen MR) is 74.2 cm³/mol. The molecule has 0 spiro atoms. The molecule has 2 N–H and O–H groups in total. The average Bonchev–Trinajstić information content (AvgIpc) is 2.64. The van der Waals surface area contributed by atoms with Crippen molar-refractivity contribution in [1.82, 2.24) is 10.2 Å². The first-order valence-corrected chi connectivity index (χ1v) is 7.06. The summed E-state index contributed by atoms with van der Waals surface area (Å²) in [5.74, 6) is -0.0751. The van der Waals surface area contributed by atoms with Crippen LogP contribution in [0.4, 0.5) is 5.69 Å². The topological polar surface area (TPSA) is 95.7 Å². The Kier molecular flexibility index (Phi) is 3.60. The number of amides is 1. The average molecular weight is 291 g/mol. The van der Waals surface area contributed by atoms with E-state index in [0.29, 0.717) is 30.6 Å². The van der Waals surface area contributed by atoms with Crippen molar-refractivity contribution in [2.24, 2.45) is 0 Å². The van der Waals surface area contributed by atoms with Crippen LogP contribution in [0.5, 0.6) is 0 Å². The van der Waals surface area contributed by atoms with E-state index in [1.165, 1.54) is 12.1 Å². The molecule has 1 aromatic carbocycles. The molecule has 7 heteroatoms. The molecule has 112 valence electrons. The lowest BCUT2D eigenvalue weighted by atomic mass is 10.1. The molecule has 3 rings (SSSR count). The van der Waals surface area contributed by atoms with Crippen LogP contribution in [-0.4, -0.2) is 33.4 Å². The van der Waals surface area contributed by atoms with Crippen LogP contribution < -0.4 is 5.32 Å². The van der Waals surface area contributed by atoms with E-state index < -0.39 is 11.2 Å². The summed E-state index contributed by atoms with van der Waals surface area (Å²) in [5, 5.41) is 24.1. The van der Waals surface area contributed by atoms with Crippen molar-refractivity contribution in [1.29, 1.82) is 0 Å². The summed E-state index contributed by atoms with van der Waals surface area (Å²) in [7, 11) is 0. The van der Waals surface area contributed by atoms with Crippen molar-refractivity contribution in [3.8, 4) is 0 Å². The third-order valence-electron chi connectivity index (χ3n) is 4.19. The zero-order chi connectivity index (χ0) is 15.0. The summed E-state index contributed by atoms with van der Waals surface area (Å²) in [6.45, 7) is 1.02. The van der Waals surface area contributed by atoms with E-state index in [-0.39, 0.29) is 17.6 Å². The molecule has 0 bridgehead atoms. The smallest absolute Gasteiger partial charge is 0.269 e. The van der Waals surface area contributed by atoms with Gasteiger partial charge < -0.3 is 10.4 Å². The molecule has 1 saturated heterocycles. The summed E-state index contributed by atoms with van der Waals surface area (Å²) < 4.78 is 0. The van der Waals surface area contributed by atoms with Crippen molar-refractivity contribution < 1.29 is 14.8 Å². The number of nitrogens with one attached hydrogen (secondary N) is 1. The standard InChI is InChI=1S/C14H17N3O4/c18-13-12(3-1-2-6-15-13)16-8-9-7-10(17(20)21)4-5-11(9)14(16)19/h4-5,7,12,14,19H,1-3,6,8H2,(H,15,18)/t12-,14?/m0/s1. The van der Waals surface area contributed by atoms with Gasteiger partial charge in [-0.1, -0.05) is 0 Å². The number of aliphatic hydroxyl groups excluding tert-OH is 1. The minimum absolute atomic E-state index is 0.00752. The number of nitro groups is 1. The largest absolute Gasteiger partial charge is 0.374 e. The molecule has 2 aliphatic rings. The van der Waals surface area contributed by atoms with Gasteiger partial charge in [0.15, 0.2) is 0 Å². The monoisotopic (exact) mass is 291 g/mol. The number of non-ortho nitro benzene ring substituents is 1. The highest BCUT2D eigenvalue weighted by molar-refractivity contribution is 5.82. The third kappa shape index (κ3) is 2.50. The Balaban J connectivity index is 1.86. The van der Waals surface area contributed by atoms with Crippen LogP contribution in [0, 0.1) is 10.1 Å². The van der Waals surface area contributed by atoms with Crippen molar-refractivity contribution in [2.45, 2.75) is 38.1 Å². The fourth-order valence-corrected chi connectivity index (χ4v) is 3.08. The molecule has 2 atom stereocenters. The van der Waals surface area contributed by atoms with Gasteiger partial charge in [0, 0.05) is 30.8 Å². The highest BCUT2D eigenvalue weighted by Gasteiger charge is 2.38. The van der Waals surface area contributed by atoms with Crippen molar-refractivity contribution in [2.75, 3.05) is 6.54 Å². The molecule has 0 aliphatic carbocycles. The zero-order valence-corrected chi connectivity index (χ0v) is 11.5. The second kappa shape index (κ2) is 5.42. The van der Waals surface area contributed by atoms with Crippen LogP contribution >= 0.6 is 0 Å². The molecule has 1 amide bonds. The van der Waals surface area contributed by atoms with Gasteiger partial charge in [-0.3, -0.25) is 19.8 Å². The Morgan fingerprint density at radius 1 is 1.38 bits per heavy atom. The number of carbonyl (C=O) groups is 1. The summed E-state index contributed by atoms with van der Waals surface area (Å²) in [4.78, 5) is 24.2. The normalized spacial score (nSPS) is 26.0. The fourth-order valence-electron chi connectivity index (χ4n) is 3.08. The lowest BCUT2D eigenvalue weighted by molar-refractivity contribution is -0.384. The van der Waals surface area contributed by atoms with E-state index in [4.69, 9.17) is 0 Å². The maximum absolute atomic E-state index is 12.1. The molecule has 21 heavy (non-hydrogen) atoms. The number of nitrogens with zero attached hydrogens (tertiary/aromatic N) is 2. The summed E-state index contributed by atoms with van der Waals surface area (Å²) in [6, 6.07) is 4.06. The number of rotatable bonds is 2. The number of aliphatic hydroxyl groups is 1.